The first-order valence-corrected chi connectivity index (χ1v) is 7.96. The van der Waals surface area contributed by atoms with Gasteiger partial charge in [-0.05, 0) is 24.1 Å². The van der Waals surface area contributed by atoms with Crippen molar-refractivity contribution in [3.05, 3.63) is 46.2 Å². The van der Waals surface area contributed by atoms with Gasteiger partial charge in [0.1, 0.15) is 5.01 Å². The van der Waals surface area contributed by atoms with E-state index < -0.39 is 0 Å². The molecule has 1 N–H and O–H groups in total. The van der Waals surface area contributed by atoms with Crippen LogP contribution < -0.4 is 5.32 Å². The molecule has 1 aliphatic rings. The third-order valence-corrected chi connectivity index (χ3v) is 4.86. The molecule has 0 spiro atoms. The van der Waals surface area contributed by atoms with Gasteiger partial charge in [-0.2, -0.15) is 0 Å². The van der Waals surface area contributed by atoms with Gasteiger partial charge in [0.25, 0.3) is 0 Å². The van der Waals surface area contributed by atoms with Crippen LogP contribution in [0.1, 0.15) is 28.4 Å². The topological polar surface area (TPSA) is 41.1 Å². The van der Waals surface area contributed by atoms with E-state index in [0.717, 1.165) is 32.6 Å². The number of aryl methyl sites for hydroxylation is 1. The molecule has 0 radical (unpaired) electrons. The summed E-state index contributed by atoms with van der Waals surface area (Å²) in [6, 6.07) is 4.65. The number of rotatable bonds is 4. The largest absolute Gasteiger partial charge is 0.314 e. The first-order valence-electron chi connectivity index (χ1n) is 7.15. The first-order chi connectivity index (χ1) is 9.86. The highest BCUT2D eigenvalue weighted by atomic mass is 35.5. The van der Waals surface area contributed by atoms with Gasteiger partial charge in [-0.3, -0.25) is 9.88 Å². The maximum absolute atomic E-state index is 4.55. The normalized spacial score (nSPS) is 19.2. The van der Waals surface area contributed by atoms with E-state index >= 15 is 0 Å². The summed E-state index contributed by atoms with van der Waals surface area (Å²) in [7, 11) is 0. The van der Waals surface area contributed by atoms with Crippen molar-refractivity contribution in [1.82, 2.24) is 20.2 Å². The van der Waals surface area contributed by atoms with Crippen molar-refractivity contribution in [3.63, 3.8) is 0 Å². The summed E-state index contributed by atoms with van der Waals surface area (Å²) in [5.74, 6) is 0. The highest BCUT2D eigenvalue weighted by molar-refractivity contribution is 7.11. The molecule has 21 heavy (non-hydrogen) atoms. The van der Waals surface area contributed by atoms with Gasteiger partial charge in [-0.25, -0.2) is 4.98 Å². The maximum Gasteiger partial charge on any atom is 0.107 e. The number of aromatic nitrogens is 2. The van der Waals surface area contributed by atoms with Crippen LogP contribution >= 0.6 is 23.7 Å². The Morgan fingerprint density at radius 1 is 1.38 bits per heavy atom. The van der Waals surface area contributed by atoms with Gasteiger partial charge in [0.15, 0.2) is 0 Å². The van der Waals surface area contributed by atoms with Crippen LogP contribution in [0.4, 0.5) is 0 Å². The second-order valence-corrected chi connectivity index (χ2v) is 6.24. The quantitative estimate of drug-likeness (QED) is 0.938. The van der Waals surface area contributed by atoms with Gasteiger partial charge < -0.3 is 5.32 Å². The third kappa shape index (κ3) is 4.01. The molecule has 0 amide bonds. The minimum absolute atomic E-state index is 0. The molecule has 3 rings (SSSR count). The van der Waals surface area contributed by atoms with E-state index in [4.69, 9.17) is 0 Å². The summed E-state index contributed by atoms with van der Waals surface area (Å²) in [6.07, 6.45) is 6.85. The molecule has 0 saturated carbocycles. The number of nitrogens with one attached hydrogen (secondary N) is 1. The molecule has 1 atom stereocenters. The van der Waals surface area contributed by atoms with Crippen LogP contribution in [-0.4, -0.2) is 34.5 Å². The summed E-state index contributed by atoms with van der Waals surface area (Å²) >= 11 is 1.84. The molecular weight excluding hydrogens is 304 g/mol. The Bertz CT molecular complexity index is 546. The van der Waals surface area contributed by atoms with E-state index in [1.165, 1.54) is 15.4 Å². The molecular formula is C15H21ClN4S. The Morgan fingerprint density at radius 3 is 2.90 bits per heavy atom. The fraction of sp³-hybridized carbons (Fsp3) is 0.467. The predicted molar refractivity (Wildman–Crippen MR) is 89.0 cm³/mol. The summed E-state index contributed by atoms with van der Waals surface area (Å²) in [5.41, 5.74) is 1.33. The van der Waals surface area contributed by atoms with Crippen LogP contribution in [0.3, 0.4) is 0 Å². The summed E-state index contributed by atoms with van der Waals surface area (Å²) in [6.45, 7) is 6.23. The van der Waals surface area contributed by atoms with E-state index in [-0.39, 0.29) is 12.4 Å². The van der Waals surface area contributed by atoms with E-state index in [0.29, 0.717) is 6.04 Å². The Balaban J connectivity index is 0.00000161. The van der Waals surface area contributed by atoms with Gasteiger partial charge in [-0.15, -0.1) is 23.7 Å². The highest BCUT2D eigenvalue weighted by Crippen LogP contribution is 2.25. The van der Waals surface area contributed by atoms with Crippen LogP contribution in [-0.2, 0) is 13.0 Å². The lowest BCUT2D eigenvalue weighted by molar-refractivity contribution is 0.153. The number of halogens is 1. The van der Waals surface area contributed by atoms with Crippen molar-refractivity contribution < 1.29 is 0 Å². The fourth-order valence-electron chi connectivity index (χ4n) is 2.61. The van der Waals surface area contributed by atoms with Gasteiger partial charge in [0.2, 0.25) is 0 Å². The van der Waals surface area contributed by atoms with Crippen LogP contribution in [0, 0.1) is 0 Å². The van der Waals surface area contributed by atoms with Crippen LogP contribution in [0.2, 0.25) is 0 Å². The van der Waals surface area contributed by atoms with Gasteiger partial charge in [0.05, 0.1) is 6.54 Å². The average Bonchev–Trinajstić information content (AvgIpc) is 2.96. The maximum atomic E-state index is 4.55. The molecule has 3 heterocycles. The standard InChI is InChI=1S/C15H20N4S.ClH/c1-2-13-9-18-15(20-13)11-19-8-7-17-10-14(19)12-3-5-16-6-4-12;/h3-6,9,14,17H,2,7-8,10-11H2,1H3;1H. The van der Waals surface area contributed by atoms with Crippen molar-refractivity contribution in [2.24, 2.45) is 0 Å². The zero-order valence-corrected chi connectivity index (χ0v) is 13.8. The number of hydrogen-bond acceptors (Lipinski definition) is 5. The van der Waals surface area contributed by atoms with Gasteiger partial charge in [0, 0.05) is 49.1 Å². The number of nitrogens with zero attached hydrogens (tertiary/aromatic N) is 3. The molecule has 1 unspecified atom stereocenters. The minimum atomic E-state index is 0. The van der Waals surface area contributed by atoms with Gasteiger partial charge >= 0.3 is 0 Å². The molecule has 1 saturated heterocycles. The molecule has 4 nitrogen and oxygen atoms in total. The molecule has 6 heteroatoms. The lowest BCUT2D eigenvalue weighted by atomic mass is 10.0. The predicted octanol–water partition coefficient (Wildman–Crippen LogP) is 2.67. The van der Waals surface area contributed by atoms with E-state index in [9.17, 15) is 0 Å². The zero-order chi connectivity index (χ0) is 13.8. The Kier molecular flexibility index (Phi) is 6.11. The lowest BCUT2D eigenvalue weighted by Gasteiger charge is -2.35. The SMILES string of the molecule is CCc1cnc(CN2CCNCC2c2ccncc2)s1.Cl. The van der Waals surface area contributed by atoms with E-state index in [1.54, 1.807) is 0 Å². The summed E-state index contributed by atoms with van der Waals surface area (Å²) < 4.78 is 0. The Labute approximate surface area is 136 Å². The minimum Gasteiger partial charge on any atom is -0.314 e. The van der Waals surface area contributed by atoms with Crippen LogP contribution in [0.25, 0.3) is 0 Å². The molecule has 1 aliphatic heterocycles. The number of pyridine rings is 1. The summed E-state index contributed by atoms with van der Waals surface area (Å²) in [5, 5.41) is 4.71. The molecule has 0 bridgehead atoms. The molecule has 2 aromatic rings. The van der Waals surface area contributed by atoms with Gasteiger partial charge in [-0.1, -0.05) is 6.92 Å². The van der Waals surface area contributed by atoms with Crippen molar-refractivity contribution in [1.29, 1.82) is 0 Å². The smallest absolute Gasteiger partial charge is 0.107 e. The van der Waals surface area contributed by atoms with Crippen molar-refractivity contribution >= 4 is 23.7 Å². The van der Waals surface area contributed by atoms with Crippen molar-refractivity contribution in [2.45, 2.75) is 25.9 Å². The second kappa shape index (κ2) is 7.84. The van der Waals surface area contributed by atoms with Crippen LogP contribution in [0.5, 0.6) is 0 Å². The number of piperazine rings is 1. The molecule has 0 aromatic carbocycles. The summed E-state index contributed by atoms with van der Waals surface area (Å²) in [4.78, 5) is 12.6. The van der Waals surface area contributed by atoms with Crippen molar-refractivity contribution in [3.8, 4) is 0 Å². The molecule has 2 aromatic heterocycles. The Hall–Kier alpha value is -1.01. The molecule has 0 aliphatic carbocycles. The fourth-order valence-corrected chi connectivity index (χ4v) is 3.50. The molecule has 1 fully saturated rings. The second-order valence-electron chi connectivity index (χ2n) is 5.04. The molecule has 114 valence electrons. The number of hydrogen-bond donors (Lipinski definition) is 1. The van der Waals surface area contributed by atoms with Crippen molar-refractivity contribution in [2.75, 3.05) is 19.6 Å². The highest BCUT2D eigenvalue weighted by Gasteiger charge is 2.24. The first kappa shape index (κ1) is 16.4. The average molecular weight is 325 g/mol. The Morgan fingerprint density at radius 2 is 2.19 bits per heavy atom. The number of thiazole rings is 1. The lowest BCUT2D eigenvalue weighted by Crippen LogP contribution is -2.45. The zero-order valence-electron chi connectivity index (χ0n) is 12.2. The van der Waals surface area contributed by atoms with E-state index in [1.807, 2.05) is 29.9 Å². The monoisotopic (exact) mass is 324 g/mol. The van der Waals surface area contributed by atoms with E-state index in [2.05, 4.69) is 39.2 Å². The third-order valence-electron chi connectivity index (χ3n) is 3.73. The van der Waals surface area contributed by atoms with Crippen LogP contribution in [0.15, 0.2) is 30.7 Å².